The van der Waals surface area contributed by atoms with Crippen LogP contribution in [0.25, 0.3) is 0 Å². The van der Waals surface area contributed by atoms with Crippen molar-refractivity contribution >= 4 is 0 Å². The lowest BCUT2D eigenvalue weighted by Crippen LogP contribution is -2.14. The third-order valence-corrected chi connectivity index (χ3v) is 4.09. The zero-order valence-corrected chi connectivity index (χ0v) is 11.8. The van der Waals surface area contributed by atoms with Crippen molar-refractivity contribution in [2.75, 3.05) is 0 Å². The molecule has 1 aromatic carbocycles. The fourth-order valence-electron chi connectivity index (χ4n) is 3.11. The zero-order valence-electron chi connectivity index (χ0n) is 11.8. The normalized spacial score (nSPS) is 15.8. The van der Waals surface area contributed by atoms with Gasteiger partial charge in [0.15, 0.2) is 5.69 Å². The highest BCUT2D eigenvalue weighted by Gasteiger charge is 2.24. The third-order valence-electron chi connectivity index (χ3n) is 4.09. The average Bonchev–Trinajstić information content (AvgIpc) is 2.91. The van der Waals surface area contributed by atoms with E-state index in [0.717, 1.165) is 24.1 Å². The van der Waals surface area contributed by atoms with Crippen LogP contribution in [0.5, 0.6) is 0 Å². The van der Waals surface area contributed by atoms with Crippen molar-refractivity contribution in [3.05, 3.63) is 47.0 Å². The minimum atomic E-state index is -0.257. The van der Waals surface area contributed by atoms with Crippen molar-refractivity contribution in [3.63, 3.8) is 0 Å². The lowest BCUT2D eigenvalue weighted by atomic mass is 9.86. The highest BCUT2D eigenvalue weighted by molar-refractivity contribution is 5.29. The monoisotopic (exact) mass is 284 g/mol. The zero-order chi connectivity index (χ0) is 14.7. The summed E-state index contributed by atoms with van der Waals surface area (Å²) < 4.78 is 15.1. The van der Waals surface area contributed by atoms with Crippen LogP contribution in [0.1, 0.15) is 55.0 Å². The molecule has 0 radical (unpaired) electrons. The summed E-state index contributed by atoms with van der Waals surface area (Å²) in [7, 11) is 0. The number of aromatic nitrogens is 3. The van der Waals surface area contributed by atoms with Crippen LogP contribution in [-0.4, -0.2) is 15.0 Å². The molecular weight excluding hydrogens is 267 g/mol. The van der Waals surface area contributed by atoms with Crippen molar-refractivity contribution in [2.24, 2.45) is 0 Å². The summed E-state index contributed by atoms with van der Waals surface area (Å²) in [6.45, 7) is 0.457. The van der Waals surface area contributed by atoms with Crippen molar-refractivity contribution in [3.8, 4) is 6.07 Å². The number of rotatable bonds is 3. The molecule has 0 N–H and O–H groups in total. The van der Waals surface area contributed by atoms with Crippen LogP contribution in [0.4, 0.5) is 4.39 Å². The third kappa shape index (κ3) is 2.94. The van der Waals surface area contributed by atoms with Crippen LogP contribution in [0.3, 0.4) is 0 Å². The Labute approximate surface area is 123 Å². The SMILES string of the molecule is N#Cc1nnn(Cc2cccc(F)c2)c1C1CCCCC1. The first-order valence-electron chi connectivity index (χ1n) is 7.36. The smallest absolute Gasteiger partial charge is 0.186 e. The molecule has 0 spiro atoms. The minimum Gasteiger partial charge on any atom is -0.243 e. The van der Waals surface area contributed by atoms with Gasteiger partial charge in [0.25, 0.3) is 0 Å². The Morgan fingerprint density at radius 1 is 1.29 bits per heavy atom. The molecule has 0 atom stereocenters. The van der Waals surface area contributed by atoms with Crippen molar-refractivity contribution in [1.82, 2.24) is 15.0 Å². The van der Waals surface area contributed by atoms with E-state index < -0.39 is 0 Å². The van der Waals surface area contributed by atoms with Crippen LogP contribution in [0.15, 0.2) is 24.3 Å². The van der Waals surface area contributed by atoms with E-state index in [1.807, 2.05) is 6.07 Å². The van der Waals surface area contributed by atoms with Crippen molar-refractivity contribution in [2.45, 2.75) is 44.6 Å². The first-order valence-corrected chi connectivity index (χ1v) is 7.36. The Hall–Kier alpha value is -2.22. The predicted octanol–water partition coefficient (Wildman–Crippen LogP) is 3.38. The van der Waals surface area contributed by atoms with E-state index in [4.69, 9.17) is 0 Å². The Balaban J connectivity index is 1.91. The van der Waals surface area contributed by atoms with Crippen LogP contribution in [0.2, 0.25) is 0 Å². The van der Waals surface area contributed by atoms with Gasteiger partial charge in [-0.1, -0.05) is 36.6 Å². The molecule has 1 saturated carbocycles. The lowest BCUT2D eigenvalue weighted by molar-refractivity contribution is 0.418. The molecule has 3 rings (SSSR count). The Morgan fingerprint density at radius 3 is 2.81 bits per heavy atom. The number of nitriles is 1. The topological polar surface area (TPSA) is 54.5 Å². The van der Waals surface area contributed by atoms with E-state index in [-0.39, 0.29) is 5.82 Å². The van der Waals surface area contributed by atoms with Gasteiger partial charge in [0.05, 0.1) is 12.2 Å². The molecule has 108 valence electrons. The van der Waals surface area contributed by atoms with Gasteiger partial charge in [-0.3, -0.25) is 0 Å². The molecule has 0 unspecified atom stereocenters. The fourth-order valence-corrected chi connectivity index (χ4v) is 3.11. The second kappa shape index (κ2) is 6.04. The molecule has 5 heteroatoms. The van der Waals surface area contributed by atoms with Gasteiger partial charge in [-0.2, -0.15) is 5.26 Å². The molecular formula is C16H17FN4. The van der Waals surface area contributed by atoms with E-state index in [1.165, 1.54) is 31.4 Å². The van der Waals surface area contributed by atoms with E-state index in [0.29, 0.717) is 18.2 Å². The molecule has 4 nitrogen and oxygen atoms in total. The molecule has 1 aliphatic rings. The van der Waals surface area contributed by atoms with Crippen LogP contribution < -0.4 is 0 Å². The van der Waals surface area contributed by atoms with Gasteiger partial charge in [-0.25, -0.2) is 9.07 Å². The van der Waals surface area contributed by atoms with Crippen molar-refractivity contribution < 1.29 is 4.39 Å². The first kappa shape index (κ1) is 13.7. The number of hydrogen-bond acceptors (Lipinski definition) is 3. The summed E-state index contributed by atoms with van der Waals surface area (Å²) in [5.41, 5.74) is 2.17. The Kier molecular flexibility index (Phi) is 3.96. The van der Waals surface area contributed by atoms with E-state index in [1.54, 1.807) is 10.7 Å². The quantitative estimate of drug-likeness (QED) is 0.868. The molecule has 0 bridgehead atoms. The maximum Gasteiger partial charge on any atom is 0.186 e. The fraction of sp³-hybridized carbons (Fsp3) is 0.438. The maximum absolute atomic E-state index is 13.3. The summed E-state index contributed by atoms with van der Waals surface area (Å²) >= 11 is 0. The van der Waals surface area contributed by atoms with Gasteiger partial charge in [0, 0.05) is 5.92 Å². The second-order valence-corrected chi connectivity index (χ2v) is 5.56. The van der Waals surface area contributed by atoms with Gasteiger partial charge in [-0.15, -0.1) is 5.10 Å². The first-order chi connectivity index (χ1) is 10.3. The summed E-state index contributed by atoms with van der Waals surface area (Å²) in [5.74, 6) is 0.0873. The molecule has 0 amide bonds. The van der Waals surface area contributed by atoms with E-state index >= 15 is 0 Å². The molecule has 1 aromatic heterocycles. The van der Waals surface area contributed by atoms with Crippen LogP contribution >= 0.6 is 0 Å². The van der Waals surface area contributed by atoms with E-state index in [9.17, 15) is 9.65 Å². The number of benzene rings is 1. The minimum absolute atomic E-state index is 0.257. The summed E-state index contributed by atoms with van der Waals surface area (Å²) in [6.07, 6.45) is 5.77. The predicted molar refractivity (Wildman–Crippen MR) is 76.1 cm³/mol. The second-order valence-electron chi connectivity index (χ2n) is 5.56. The standard InChI is InChI=1S/C16H17FN4/c17-14-8-4-5-12(9-14)11-21-16(15(10-18)19-20-21)13-6-2-1-3-7-13/h4-5,8-9,13H,1-3,6-7,11H2. The lowest BCUT2D eigenvalue weighted by Gasteiger charge is -2.22. The molecule has 1 heterocycles. The maximum atomic E-state index is 13.3. The highest BCUT2D eigenvalue weighted by Crippen LogP contribution is 2.33. The van der Waals surface area contributed by atoms with Gasteiger partial charge < -0.3 is 0 Å². The summed E-state index contributed by atoms with van der Waals surface area (Å²) in [5, 5.41) is 17.3. The number of halogens is 1. The molecule has 0 saturated heterocycles. The van der Waals surface area contributed by atoms with Crippen molar-refractivity contribution in [1.29, 1.82) is 5.26 Å². The Morgan fingerprint density at radius 2 is 2.10 bits per heavy atom. The summed E-state index contributed by atoms with van der Waals surface area (Å²) in [6, 6.07) is 8.61. The number of nitrogens with zero attached hydrogens (tertiary/aromatic N) is 4. The Bertz CT molecular complexity index is 665. The largest absolute Gasteiger partial charge is 0.243 e. The summed E-state index contributed by atoms with van der Waals surface area (Å²) in [4.78, 5) is 0. The van der Waals surface area contributed by atoms with Gasteiger partial charge in [0.2, 0.25) is 0 Å². The molecule has 1 fully saturated rings. The van der Waals surface area contributed by atoms with Crippen LogP contribution in [0, 0.1) is 17.1 Å². The van der Waals surface area contributed by atoms with Crippen LogP contribution in [-0.2, 0) is 6.54 Å². The number of hydrogen-bond donors (Lipinski definition) is 0. The highest BCUT2D eigenvalue weighted by atomic mass is 19.1. The molecule has 21 heavy (non-hydrogen) atoms. The molecule has 1 aliphatic carbocycles. The van der Waals surface area contributed by atoms with Gasteiger partial charge in [0.1, 0.15) is 11.9 Å². The van der Waals surface area contributed by atoms with Gasteiger partial charge >= 0.3 is 0 Å². The van der Waals surface area contributed by atoms with E-state index in [2.05, 4.69) is 16.4 Å². The van der Waals surface area contributed by atoms with Gasteiger partial charge in [-0.05, 0) is 30.5 Å². The molecule has 2 aromatic rings. The average molecular weight is 284 g/mol. The molecule has 0 aliphatic heterocycles.